The van der Waals surface area contributed by atoms with Gasteiger partial charge in [-0.2, -0.15) is 0 Å². The van der Waals surface area contributed by atoms with Crippen molar-refractivity contribution in [3.63, 3.8) is 0 Å². The van der Waals surface area contributed by atoms with Crippen LogP contribution in [0.1, 0.15) is 19.8 Å². The fourth-order valence-electron chi connectivity index (χ4n) is 2.70. The molecule has 0 radical (unpaired) electrons. The lowest BCUT2D eigenvalue weighted by Crippen LogP contribution is -2.35. The second-order valence-corrected chi connectivity index (χ2v) is 5.30. The van der Waals surface area contributed by atoms with E-state index in [2.05, 4.69) is 27.3 Å². The number of likely N-dealkylation sites (N-methyl/N-ethyl adjacent to an activating group) is 1. The van der Waals surface area contributed by atoms with Crippen molar-refractivity contribution in [3.8, 4) is 0 Å². The Balaban J connectivity index is 1.61. The maximum Gasteiger partial charge on any atom is 0.273 e. The third-order valence-electron chi connectivity index (χ3n) is 3.86. The number of hydrogen-bond donors (Lipinski definition) is 1. The largest absolute Gasteiger partial charge is 0.387 e. The number of hydrogen-bond acceptors (Lipinski definition) is 5. The lowest BCUT2D eigenvalue weighted by molar-refractivity contribution is -0.110. The van der Waals surface area contributed by atoms with Crippen LogP contribution in [0.15, 0.2) is 29.7 Å². The van der Waals surface area contributed by atoms with Crippen LogP contribution in [-0.4, -0.2) is 46.7 Å². The van der Waals surface area contributed by atoms with Crippen molar-refractivity contribution in [3.05, 3.63) is 24.5 Å². The molecule has 1 amide bonds. The summed E-state index contributed by atoms with van der Waals surface area (Å²) in [5.41, 5.74) is 0.840. The van der Waals surface area contributed by atoms with Crippen LogP contribution in [0.3, 0.4) is 0 Å². The molecule has 0 bridgehead atoms. The summed E-state index contributed by atoms with van der Waals surface area (Å²) in [6.45, 7) is 4.98. The minimum absolute atomic E-state index is 0.204. The van der Waals surface area contributed by atoms with Gasteiger partial charge in [0.25, 0.3) is 5.91 Å². The van der Waals surface area contributed by atoms with Crippen LogP contribution in [0.2, 0.25) is 0 Å². The normalized spacial score (nSPS) is 25.6. The molecule has 2 aliphatic rings. The van der Waals surface area contributed by atoms with Crippen molar-refractivity contribution in [2.45, 2.75) is 25.4 Å². The molecule has 106 valence electrons. The number of anilines is 1. The molecule has 0 saturated carbocycles. The molecule has 6 heteroatoms. The van der Waals surface area contributed by atoms with E-state index in [1.54, 1.807) is 24.5 Å². The predicted octanol–water partition coefficient (Wildman–Crippen LogP) is 1.26. The van der Waals surface area contributed by atoms with Crippen LogP contribution in [-0.2, 0) is 9.63 Å². The van der Waals surface area contributed by atoms with Gasteiger partial charge in [0.15, 0.2) is 5.60 Å². The zero-order chi connectivity index (χ0) is 14.0. The molecule has 3 rings (SSSR count). The predicted molar refractivity (Wildman–Crippen MR) is 75.5 cm³/mol. The average Bonchev–Trinajstić information content (AvgIpc) is 3.08. The van der Waals surface area contributed by atoms with Gasteiger partial charge >= 0.3 is 0 Å². The molecule has 2 aliphatic heterocycles. The van der Waals surface area contributed by atoms with Crippen molar-refractivity contribution in [1.29, 1.82) is 0 Å². The van der Waals surface area contributed by atoms with Crippen LogP contribution in [0.4, 0.5) is 5.69 Å². The van der Waals surface area contributed by atoms with E-state index < -0.39 is 0 Å². The summed E-state index contributed by atoms with van der Waals surface area (Å²) in [5.74, 6) is -0.204. The van der Waals surface area contributed by atoms with Crippen molar-refractivity contribution in [2.75, 3.05) is 25.0 Å². The summed E-state index contributed by atoms with van der Waals surface area (Å²) >= 11 is 0. The first-order chi connectivity index (χ1) is 9.71. The van der Waals surface area contributed by atoms with E-state index in [1.165, 1.54) is 0 Å². The van der Waals surface area contributed by atoms with E-state index in [-0.39, 0.29) is 11.5 Å². The number of nitrogens with one attached hydrogen (secondary N) is 1. The van der Waals surface area contributed by atoms with Gasteiger partial charge in [-0.1, -0.05) is 12.1 Å². The SMILES string of the molecule is CCN1CC[C@@]2(CC(C(=O)Nc3cccnc3)=NO2)C1. The fourth-order valence-corrected chi connectivity index (χ4v) is 2.70. The van der Waals surface area contributed by atoms with Crippen molar-refractivity contribution in [2.24, 2.45) is 5.16 Å². The van der Waals surface area contributed by atoms with E-state index in [9.17, 15) is 4.79 Å². The Bertz CT molecular complexity index is 531. The van der Waals surface area contributed by atoms with Gasteiger partial charge in [-0.3, -0.25) is 14.7 Å². The van der Waals surface area contributed by atoms with Gasteiger partial charge in [0.05, 0.1) is 11.9 Å². The first-order valence-corrected chi connectivity index (χ1v) is 6.89. The Hall–Kier alpha value is -1.95. The minimum Gasteiger partial charge on any atom is -0.387 e. The molecule has 0 aliphatic carbocycles. The molecule has 3 heterocycles. The number of pyridine rings is 1. The minimum atomic E-state index is -0.294. The van der Waals surface area contributed by atoms with Gasteiger partial charge in [0.1, 0.15) is 5.71 Å². The monoisotopic (exact) mass is 274 g/mol. The molecule has 1 aromatic heterocycles. The number of amides is 1. The van der Waals surface area contributed by atoms with Gasteiger partial charge in [-0.25, -0.2) is 0 Å². The third kappa shape index (κ3) is 2.51. The van der Waals surface area contributed by atoms with E-state index in [0.717, 1.165) is 26.1 Å². The number of rotatable bonds is 3. The topological polar surface area (TPSA) is 66.8 Å². The Morgan fingerprint density at radius 2 is 2.50 bits per heavy atom. The molecule has 20 heavy (non-hydrogen) atoms. The number of carbonyl (C=O) groups excluding carboxylic acids is 1. The first-order valence-electron chi connectivity index (χ1n) is 6.89. The second-order valence-electron chi connectivity index (χ2n) is 5.30. The van der Waals surface area contributed by atoms with Gasteiger partial charge < -0.3 is 10.2 Å². The highest BCUT2D eigenvalue weighted by molar-refractivity contribution is 6.43. The number of oxime groups is 1. The van der Waals surface area contributed by atoms with Gasteiger partial charge in [0.2, 0.25) is 0 Å². The van der Waals surface area contributed by atoms with E-state index in [4.69, 9.17) is 4.84 Å². The summed E-state index contributed by atoms with van der Waals surface area (Å²) in [4.78, 5) is 24.0. The zero-order valence-corrected chi connectivity index (χ0v) is 11.5. The van der Waals surface area contributed by atoms with Gasteiger partial charge in [0, 0.05) is 32.1 Å². The zero-order valence-electron chi connectivity index (χ0n) is 11.5. The van der Waals surface area contributed by atoms with Crippen LogP contribution in [0.25, 0.3) is 0 Å². The molecule has 1 saturated heterocycles. The molecule has 1 fully saturated rings. The van der Waals surface area contributed by atoms with Crippen LogP contribution >= 0.6 is 0 Å². The van der Waals surface area contributed by atoms with E-state index >= 15 is 0 Å². The summed E-state index contributed by atoms with van der Waals surface area (Å²) in [5, 5.41) is 6.78. The smallest absolute Gasteiger partial charge is 0.273 e. The summed E-state index contributed by atoms with van der Waals surface area (Å²) in [6.07, 6.45) is 4.78. The van der Waals surface area contributed by atoms with Crippen LogP contribution in [0.5, 0.6) is 0 Å². The Morgan fingerprint density at radius 3 is 3.20 bits per heavy atom. The van der Waals surface area contributed by atoms with E-state index in [1.807, 2.05) is 0 Å². The van der Waals surface area contributed by atoms with Gasteiger partial charge in [-0.05, 0) is 18.7 Å². The number of carbonyl (C=O) groups is 1. The molecule has 1 atom stereocenters. The molecule has 1 N–H and O–H groups in total. The highest BCUT2D eigenvalue weighted by Crippen LogP contribution is 2.33. The standard InChI is InChI=1S/C14H18N4O2/c1-2-18-7-5-14(10-18)8-12(17-20-14)13(19)16-11-4-3-6-15-9-11/h3-4,6,9H,2,5,7-8,10H2,1H3,(H,16,19)/t14-/m1/s1. The number of nitrogens with zero attached hydrogens (tertiary/aromatic N) is 3. The van der Waals surface area contributed by atoms with E-state index in [0.29, 0.717) is 17.8 Å². The maximum absolute atomic E-state index is 12.1. The Kier molecular flexibility index (Phi) is 3.40. The highest BCUT2D eigenvalue weighted by atomic mass is 16.7. The fraction of sp³-hybridized carbons (Fsp3) is 0.500. The molecular formula is C14H18N4O2. The average molecular weight is 274 g/mol. The summed E-state index contributed by atoms with van der Waals surface area (Å²) in [6, 6.07) is 3.57. The van der Waals surface area contributed by atoms with Crippen molar-refractivity contribution < 1.29 is 9.63 Å². The van der Waals surface area contributed by atoms with Crippen molar-refractivity contribution >= 4 is 17.3 Å². The van der Waals surface area contributed by atoms with Crippen LogP contribution in [0, 0.1) is 0 Å². The maximum atomic E-state index is 12.1. The molecule has 0 unspecified atom stereocenters. The van der Waals surface area contributed by atoms with Crippen molar-refractivity contribution in [1.82, 2.24) is 9.88 Å². The lowest BCUT2D eigenvalue weighted by Gasteiger charge is -2.20. The number of aromatic nitrogens is 1. The molecule has 6 nitrogen and oxygen atoms in total. The Morgan fingerprint density at radius 1 is 1.60 bits per heavy atom. The second kappa shape index (κ2) is 5.20. The lowest BCUT2D eigenvalue weighted by atomic mass is 9.96. The quantitative estimate of drug-likeness (QED) is 0.901. The summed E-state index contributed by atoms with van der Waals surface area (Å²) < 4.78 is 0. The summed E-state index contributed by atoms with van der Waals surface area (Å²) in [7, 11) is 0. The first kappa shape index (κ1) is 13.1. The Labute approximate surface area is 117 Å². The van der Waals surface area contributed by atoms with Gasteiger partial charge in [-0.15, -0.1) is 0 Å². The third-order valence-corrected chi connectivity index (χ3v) is 3.86. The molecule has 1 spiro atoms. The highest BCUT2D eigenvalue weighted by Gasteiger charge is 2.46. The number of likely N-dealkylation sites (tertiary alicyclic amines) is 1. The van der Waals surface area contributed by atoms with Crippen LogP contribution < -0.4 is 5.32 Å². The molecule has 1 aromatic rings. The molecule has 0 aromatic carbocycles. The molecular weight excluding hydrogens is 256 g/mol.